The van der Waals surface area contributed by atoms with Gasteiger partial charge in [0.1, 0.15) is 11.8 Å². The van der Waals surface area contributed by atoms with Crippen LogP contribution < -0.4 is 4.74 Å². The van der Waals surface area contributed by atoms with Gasteiger partial charge < -0.3 is 19.7 Å². The Morgan fingerprint density at radius 1 is 1.30 bits per heavy atom. The molecule has 0 aliphatic carbocycles. The fourth-order valence-electron chi connectivity index (χ4n) is 3.02. The summed E-state index contributed by atoms with van der Waals surface area (Å²) in [6.07, 6.45) is -1.59. The summed E-state index contributed by atoms with van der Waals surface area (Å²) in [7, 11) is -2.10. The lowest BCUT2D eigenvalue weighted by atomic mass is 10.2. The smallest absolute Gasteiger partial charge is 0.321 e. The van der Waals surface area contributed by atoms with Crippen molar-refractivity contribution in [2.75, 3.05) is 13.7 Å². The van der Waals surface area contributed by atoms with Crippen molar-refractivity contribution < 1.29 is 32.9 Å². The van der Waals surface area contributed by atoms with E-state index < -0.39 is 39.1 Å². The third kappa shape index (κ3) is 5.65. The highest BCUT2D eigenvalue weighted by Crippen LogP contribution is 2.29. The number of carboxylic acid groups (broad SMARTS) is 1. The van der Waals surface area contributed by atoms with Crippen LogP contribution in [0.5, 0.6) is 5.75 Å². The van der Waals surface area contributed by atoms with Crippen molar-refractivity contribution >= 4 is 15.8 Å². The molecule has 2 N–H and O–H groups in total. The van der Waals surface area contributed by atoms with E-state index in [9.17, 15) is 23.4 Å². The van der Waals surface area contributed by atoms with E-state index >= 15 is 0 Å². The van der Waals surface area contributed by atoms with E-state index in [-0.39, 0.29) is 18.7 Å². The Morgan fingerprint density at radius 2 is 1.89 bits per heavy atom. The molecule has 1 fully saturated rings. The number of nitrogens with zero attached hydrogens (tertiary/aromatic N) is 1. The minimum Gasteiger partial charge on any atom is -0.497 e. The number of carboxylic acids is 1. The van der Waals surface area contributed by atoms with Crippen molar-refractivity contribution in [2.24, 2.45) is 0 Å². The molecule has 152 valence electrons. The average Bonchev–Trinajstić information content (AvgIpc) is 3.00. The molecule has 0 bridgehead atoms. The standard InChI is InChI=1S/C18H27NO7S/c1-18(2,3)26-17(22)19-10-14(9-15(19)16(20)21)27(23,24)11-12-5-7-13(25-4)8-6-12/h5-8,14-15,17,22H,9-11H2,1-4H3,(H,20,21)/t14-,15+,17?/m1/s1. The van der Waals surface area contributed by atoms with Gasteiger partial charge in [0.15, 0.2) is 9.84 Å². The minimum atomic E-state index is -3.62. The van der Waals surface area contributed by atoms with E-state index in [1.807, 2.05) is 0 Å². The normalized spacial score (nSPS) is 22.6. The number of rotatable bonds is 7. The van der Waals surface area contributed by atoms with E-state index in [0.717, 1.165) is 0 Å². The van der Waals surface area contributed by atoms with E-state index in [1.54, 1.807) is 45.0 Å². The number of methoxy groups -OCH3 is 1. The molecule has 1 aliphatic rings. The van der Waals surface area contributed by atoms with Crippen molar-refractivity contribution in [3.63, 3.8) is 0 Å². The number of hydrogen-bond acceptors (Lipinski definition) is 7. The highest BCUT2D eigenvalue weighted by molar-refractivity contribution is 7.91. The lowest BCUT2D eigenvalue weighted by Crippen LogP contribution is -2.47. The molecule has 1 saturated heterocycles. The second-order valence-electron chi connectivity index (χ2n) is 7.62. The second-order valence-corrected chi connectivity index (χ2v) is 9.90. The van der Waals surface area contributed by atoms with Crippen molar-refractivity contribution in [3.8, 4) is 5.75 Å². The number of aliphatic hydroxyl groups excluding tert-OH is 1. The monoisotopic (exact) mass is 401 g/mol. The Labute approximate surface area is 159 Å². The van der Waals surface area contributed by atoms with E-state index in [1.165, 1.54) is 12.0 Å². The molecule has 0 spiro atoms. The number of aliphatic hydroxyl groups is 1. The third-order valence-corrected chi connectivity index (χ3v) is 6.46. The Balaban J connectivity index is 2.15. The van der Waals surface area contributed by atoms with Gasteiger partial charge in [0.05, 0.1) is 23.7 Å². The lowest BCUT2D eigenvalue weighted by Gasteiger charge is -2.32. The molecule has 0 aromatic heterocycles. The van der Waals surface area contributed by atoms with Crippen LogP contribution in [0.4, 0.5) is 0 Å². The van der Waals surface area contributed by atoms with Gasteiger partial charge in [-0.15, -0.1) is 0 Å². The Morgan fingerprint density at radius 3 is 2.37 bits per heavy atom. The van der Waals surface area contributed by atoms with Crippen LogP contribution in [0.3, 0.4) is 0 Å². The molecule has 3 atom stereocenters. The first-order valence-corrected chi connectivity index (χ1v) is 10.3. The molecule has 1 unspecified atom stereocenters. The van der Waals surface area contributed by atoms with Gasteiger partial charge in [-0.2, -0.15) is 0 Å². The summed E-state index contributed by atoms with van der Waals surface area (Å²) in [6.45, 7) is 5.06. The third-order valence-electron chi connectivity index (χ3n) is 4.36. The van der Waals surface area contributed by atoms with Crippen molar-refractivity contribution in [1.29, 1.82) is 0 Å². The first-order valence-electron chi connectivity index (χ1n) is 8.62. The van der Waals surface area contributed by atoms with Crippen LogP contribution >= 0.6 is 0 Å². The summed E-state index contributed by atoms with van der Waals surface area (Å²) in [5.41, 5.74) is -0.115. The summed E-state index contributed by atoms with van der Waals surface area (Å²) in [6, 6.07) is 5.54. The predicted molar refractivity (Wildman–Crippen MR) is 99.0 cm³/mol. The van der Waals surface area contributed by atoms with Gasteiger partial charge in [0.25, 0.3) is 0 Å². The first kappa shape index (κ1) is 21.6. The van der Waals surface area contributed by atoms with Crippen LogP contribution in [-0.4, -0.2) is 66.5 Å². The summed E-state index contributed by atoms with van der Waals surface area (Å²) in [5.74, 6) is -0.775. The Kier molecular flexibility index (Phi) is 6.51. The number of sulfone groups is 1. The van der Waals surface area contributed by atoms with Gasteiger partial charge in [-0.05, 0) is 44.9 Å². The average molecular weight is 401 g/mol. The maximum Gasteiger partial charge on any atom is 0.321 e. The van der Waals surface area contributed by atoms with E-state index in [2.05, 4.69) is 0 Å². The molecule has 1 aliphatic heterocycles. The highest BCUT2D eigenvalue weighted by atomic mass is 32.2. The number of ether oxygens (including phenoxy) is 2. The molecule has 8 nitrogen and oxygen atoms in total. The van der Waals surface area contributed by atoms with Crippen molar-refractivity contribution in [1.82, 2.24) is 4.90 Å². The Hall–Kier alpha value is -1.68. The Bertz CT molecular complexity index is 755. The van der Waals surface area contributed by atoms with E-state index in [0.29, 0.717) is 11.3 Å². The molecule has 9 heteroatoms. The lowest BCUT2D eigenvalue weighted by molar-refractivity contribution is -0.243. The molecule has 0 radical (unpaired) electrons. The van der Waals surface area contributed by atoms with Crippen molar-refractivity contribution in [2.45, 2.75) is 56.3 Å². The van der Waals surface area contributed by atoms with Crippen LogP contribution in [0.25, 0.3) is 0 Å². The molecular weight excluding hydrogens is 374 g/mol. The van der Waals surface area contributed by atoms with Gasteiger partial charge in [-0.1, -0.05) is 12.1 Å². The van der Waals surface area contributed by atoms with Gasteiger partial charge in [-0.25, -0.2) is 13.3 Å². The largest absolute Gasteiger partial charge is 0.497 e. The topological polar surface area (TPSA) is 113 Å². The molecule has 1 aromatic carbocycles. The number of carbonyl (C=O) groups is 1. The molecule has 0 amide bonds. The number of hydrogen-bond donors (Lipinski definition) is 2. The number of likely N-dealkylation sites (tertiary alicyclic amines) is 1. The maximum atomic E-state index is 12.8. The second kappa shape index (κ2) is 8.14. The zero-order chi connectivity index (χ0) is 20.4. The molecule has 27 heavy (non-hydrogen) atoms. The van der Waals surface area contributed by atoms with Crippen molar-refractivity contribution in [3.05, 3.63) is 29.8 Å². The van der Waals surface area contributed by atoms with Crippen LogP contribution in [0.1, 0.15) is 32.8 Å². The van der Waals surface area contributed by atoms with Gasteiger partial charge in [-0.3, -0.25) is 4.79 Å². The predicted octanol–water partition coefficient (Wildman–Crippen LogP) is 1.23. The number of benzene rings is 1. The minimum absolute atomic E-state index is 0.0988. The van der Waals surface area contributed by atoms with Crippen LogP contribution in [0.15, 0.2) is 24.3 Å². The fourth-order valence-corrected chi connectivity index (χ4v) is 4.79. The highest BCUT2D eigenvalue weighted by Gasteiger charge is 2.46. The molecular formula is C18H27NO7S. The maximum absolute atomic E-state index is 12.8. The van der Waals surface area contributed by atoms with Gasteiger partial charge in [0.2, 0.25) is 6.41 Å². The van der Waals surface area contributed by atoms with E-state index in [4.69, 9.17) is 9.47 Å². The van der Waals surface area contributed by atoms with Gasteiger partial charge >= 0.3 is 5.97 Å². The van der Waals surface area contributed by atoms with Crippen LogP contribution in [-0.2, 0) is 25.1 Å². The molecule has 0 saturated carbocycles. The van der Waals surface area contributed by atoms with Crippen LogP contribution in [0, 0.1) is 0 Å². The molecule has 2 rings (SSSR count). The summed E-state index contributed by atoms with van der Waals surface area (Å²) in [4.78, 5) is 12.8. The summed E-state index contributed by atoms with van der Waals surface area (Å²) >= 11 is 0. The summed E-state index contributed by atoms with van der Waals surface area (Å²) in [5, 5.41) is 18.8. The quantitative estimate of drug-likeness (QED) is 0.656. The van der Waals surface area contributed by atoms with Gasteiger partial charge in [0, 0.05) is 6.54 Å². The number of aliphatic carboxylic acids is 1. The summed E-state index contributed by atoms with van der Waals surface area (Å²) < 4.78 is 36.1. The molecule has 1 aromatic rings. The zero-order valence-corrected chi connectivity index (χ0v) is 16.8. The fraction of sp³-hybridized carbons (Fsp3) is 0.611. The first-order chi connectivity index (χ1) is 12.4. The SMILES string of the molecule is COc1ccc(CS(=O)(=O)[C@@H]2C[C@@H](C(=O)O)N(C(O)OC(C)(C)C)C2)cc1. The van der Waals surface area contributed by atoms with Crippen LogP contribution in [0.2, 0.25) is 0 Å². The zero-order valence-electron chi connectivity index (χ0n) is 16.0. The molecule has 1 heterocycles.